The summed E-state index contributed by atoms with van der Waals surface area (Å²) in [5.41, 5.74) is 8.01. The summed E-state index contributed by atoms with van der Waals surface area (Å²) in [5.74, 6) is 0. The minimum atomic E-state index is -0.998. The van der Waals surface area contributed by atoms with Gasteiger partial charge in [0, 0.05) is 5.30 Å². The lowest BCUT2D eigenvalue weighted by molar-refractivity contribution is 1.50. The number of hydrogen-bond donors (Lipinski definition) is 0. The summed E-state index contributed by atoms with van der Waals surface area (Å²) in [6, 6.07) is 63.8. The van der Waals surface area contributed by atoms with Gasteiger partial charge in [0.1, 0.15) is 0 Å². The zero-order valence-corrected chi connectivity index (χ0v) is 30.8. The maximum atomic E-state index is 2.57. The Morgan fingerprint density at radius 1 is 0.320 bits per heavy atom. The van der Waals surface area contributed by atoms with Crippen LogP contribution in [0.5, 0.6) is 0 Å². The zero-order valence-electron chi connectivity index (χ0n) is 29.1. The van der Waals surface area contributed by atoms with Gasteiger partial charge in [-0.25, -0.2) is 0 Å². The third-order valence-corrected chi connectivity index (χ3v) is 15.8. The minimum absolute atomic E-state index is 0.948. The molecular formula is C48H40P2. The summed E-state index contributed by atoms with van der Waals surface area (Å²) >= 11 is 0. The summed E-state index contributed by atoms with van der Waals surface area (Å²) in [6.07, 6.45) is 0. The summed E-state index contributed by atoms with van der Waals surface area (Å²) in [7, 11) is -1.95. The highest BCUT2D eigenvalue weighted by atomic mass is 31.1. The van der Waals surface area contributed by atoms with E-state index in [-0.39, 0.29) is 0 Å². The Labute approximate surface area is 299 Å². The van der Waals surface area contributed by atoms with Crippen molar-refractivity contribution < 1.29 is 0 Å². The van der Waals surface area contributed by atoms with Crippen LogP contribution in [-0.2, 0) is 0 Å². The normalized spacial score (nSPS) is 11.6. The molecule has 0 N–H and O–H groups in total. The molecule has 0 radical (unpaired) electrons. The maximum Gasteiger partial charge on any atom is 0.00179 e. The Morgan fingerprint density at radius 3 is 1.24 bits per heavy atom. The van der Waals surface area contributed by atoms with E-state index >= 15 is 0 Å². The van der Waals surface area contributed by atoms with Crippen molar-refractivity contribution in [3.8, 4) is 11.1 Å². The van der Waals surface area contributed by atoms with Gasteiger partial charge in [-0.3, -0.25) is 0 Å². The number of rotatable bonds is 7. The van der Waals surface area contributed by atoms with E-state index in [1.165, 1.54) is 86.8 Å². The molecule has 0 saturated heterocycles. The van der Waals surface area contributed by atoms with Gasteiger partial charge in [-0.1, -0.05) is 164 Å². The van der Waals surface area contributed by atoms with Crippen molar-refractivity contribution in [1.29, 1.82) is 0 Å². The molecule has 0 nitrogen and oxygen atoms in total. The van der Waals surface area contributed by atoms with E-state index in [4.69, 9.17) is 0 Å². The van der Waals surface area contributed by atoms with Crippen molar-refractivity contribution in [1.82, 2.24) is 0 Å². The third kappa shape index (κ3) is 5.78. The minimum Gasteiger partial charge on any atom is -0.0620 e. The third-order valence-electron chi connectivity index (χ3n) is 9.95. The second kappa shape index (κ2) is 13.8. The molecule has 0 spiro atoms. The average Bonchev–Trinajstić information content (AvgIpc) is 3.14. The van der Waals surface area contributed by atoms with Gasteiger partial charge in [0.05, 0.1) is 0 Å². The van der Waals surface area contributed by atoms with Crippen LogP contribution in [-0.4, -0.2) is 0 Å². The second-order valence-electron chi connectivity index (χ2n) is 13.2. The topological polar surface area (TPSA) is 0 Å². The molecule has 0 aliphatic rings. The monoisotopic (exact) mass is 678 g/mol. The lowest BCUT2D eigenvalue weighted by atomic mass is 9.94. The molecule has 0 aliphatic carbocycles. The predicted octanol–water partition coefficient (Wildman–Crippen LogP) is 10.4. The van der Waals surface area contributed by atoms with E-state index < -0.39 is 15.8 Å². The molecule has 242 valence electrons. The highest BCUT2D eigenvalue weighted by Gasteiger charge is 2.32. The summed E-state index contributed by atoms with van der Waals surface area (Å²) < 4.78 is 0. The fourth-order valence-electron chi connectivity index (χ4n) is 7.45. The van der Waals surface area contributed by atoms with Crippen LogP contribution in [0.4, 0.5) is 0 Å². The number of aryl methyl sites for hydroxylation is 4. The van der Waals surface area contributed by atoms with E-state index in [0.29, 0.717) is 0 Å². The molecule has 2 heteroatoms. The maximum absolute atomic E-state index is 2.57. The van der Waals surface area contributed by atoms with Crippen molar-refractivity contribution >= 4 is 69.2 Å². The fraction of sp³-hybridized carbons (Fsp3) is 0.0833. The van der Waals surface area contributed by atoms with E-state index in [9.17, 15) is 0 Å². The average molecular weight is 679 g/mol. The van der Waals surface area contributed by atoms with Crippen LogP contribution in [0.1, 0.15) is 22.3 Å². The first-order chi connectivity index (χ1) is 24.5. The molecule has 0 heterocycles. The number of benzene rings is 8. The van der Waals surface area contributed by atoms with Crippen molar-refractivity contribution in [2.24, 2.45) is 0 Å². The summed E-state index contributed by atoms with van der Waals surface area (Å²) in [5, 5.41) is 13.7. The molecule has 0 aliphatic heterocycles. The van der Waals surface area contributed by atoms with Crippen LogP contribution in [0, 0.1) is 27.7 Å². The van der Waals surface area contributed by atoms with Gasteiger partial charge in [0.25, 0.3) is 0 Å². The van der Waals surface area contributed by atoms with Crippen molar-refractivity contribution in [3.05, 3.63) is 192 Å². The van der Waals surface area contributed by atoms with Crippen molar-refractivity contribution in [3.63, 3.8) is 0 Å². The molecule has 0 atom stereocenters. The quantitative estimate of drug-likeness (QED) is 0.147. The Morgan fingerprint density at radius 2 is 0.720 bits per heavy atom. The molecule has 0 saturated carbocycles. The van der Waals surface area contributed by atoms with Gasteiger partial charge < -0.3 is 0 Å². The SMILES string of the molecule is Cc1ccccc1P(c1ccccc1C)c1cc2ccccc2c(-c2cccc3ccccc23)c1P(c1ccccc1C)c1ccccc1C. The van der Waals surface area contributed by atoms with E-state index in [1.807, 2.05) is 0 Å². The molecule has 0 aromatic heterocycles. The fourth-order valence-corrected chi connectivity index (χ4v) is 13.6. The van der Waals surface area contributed by atoms with E-state index in [2.05, 4.69) is 198 Å². The van der Waals surface area contributed by atoms with Gasteiger partial charge in [0.15, 0.2) is 0 Å². The first-order valence-electron chi connectivity index (χ1n) is 17.4. The Hall–Kier alpha value is -4.86. The van der Waals surface area contributed by atoms with Crippen LogP contribution in [0.2, 0.25) is 0 Å². The first-order valence-corrected chi connectivity index (χ1v) is 20.1. The van der Waals surface area contributed by atoms with Gasteiger partial charge in [-0.2, -0.15) is 0 Å². The highest BCUT2D eigenvalue weighted by Crippen LogP contribution is 2.47. The Bertz CT molecular complexity index is 2410. The van der Waals surface area contributed by atoms with Crippen LogP contribution < -0.4 is 31.8 Å². The van der Waals surface area contributed by atoms with Crippen LogP contribution in [0.25, 0.3) is 32.7 Å². The molecule has 0 fully saturated rings. The van der Waals surface area contributed by atoms with Crippen molar-refractivity contribution in [2.45, 2.75) is 27.7 Å². The molecule has 0 amide bonds. The summed E-state index contributed by atoms with van der Waals surface area (Å²) in [4.78, 5) is 0. The predicted molar refractivity (Wildman–Crippen MR) is 223 cm³/mol. The Kier molecular flexibility index (Phi) is 8.93. The molecule has 50 heavy (non-hydrogen) atoms. The van der Waals surface area contributed by atoms with Crippen LogP contribution >= 0.6 is 15.8 Å². The van der Waals surface area contributed by atoms with Crippen molar-refractivity contribution in [2.75, 3.05) is 0 Å². The first kappa shape index (κ1) is 32.4. The number of hydrogen-bond acceptors (Lipinski definition) is 0. The Balaban J connectivity index is 1.64. The molecule has 0 unspecified atom stereocenters. The van der Waals surface area contributed by atoms with Gasteiger partial charge in [0.2, 0.25) is 0 Å². The van der Waals surface area contributed by atoms with Crippen LogP contribution in [0.3, 0.4) is 0 Å². The number of fused-ring (bicyclic) bond motifs is 2. The standard InChI is InChI=1S/C48H40P2/c1-33-18-5-13-28-42(33)49(43-29-14-6-19-34(43)2)46-32-38-23-10-12-26-40(38)47(41-27-17-24-37-22-9-11-25-39(37)41)48(46)50(44-30-15-7-20-35(44)3)45-31-16-8-21-36(45)4/h5-32H,1-4H3. The molecular weight excluding hydrogens is 638 g/mol. The smallest absolute Gasteiger partial charge is 0.00179 e. The van der Waals surface area contributed by atoms with Gasteiger partial charge in [-0.15, -0.1) is 0 Å². The second-order valence-corrected chi connectivity index (χ2v) is 17.4. The zero-order chi connectivity index (χ0) is 34.2. The van der Waals surface area contributed by atoms with Gasteiger partial charge >= 0.3 is 0 Å². The lowest BCUT2D eigenvalue weighted by Crippen LogP contribution is -2.38. The molecule has 8 aromatic rings. The molecule has 8 aromatic carbocycles. The highest BCUT2D eigenvalue weighted by molar-refractivity contribution is 7.85. The largest absolute Gasteiger partial charge is 0.0620 e. The van der Waals surface area contributed by atoms with E-state index in [0.717, 1.165) is 0 Å². The molecule has 0 bridgehead atoms. The van der Waals surface area contributed by atoms with Gasteiger partial charge in [-0.05, 0) is 131 Å². The molecule has 8 rings (SSSR count). The lowest BCUT2D eigenvalue weighted by Gasteiger charge is -2.33. The summed E-state index contributed by atoms with van der Waals surface area (Å²) in [6.45, 7) is 9.18. The van der Waals surface area contributed by atoms with Crippen LogP contribution in [0.15, 0.2) is 170 Å². The van der Waals surface area contributed by atoms with E-state index in [1.54, 1.807) is 0 Å².